The van der Waals surface area contributed by atoms with Crippen molar-refractivity contribution < 1.29 is 4.79 Å². The average molecular weight is 377 g/mol. The van der Waals surface area contributed by atoms with Gasteiger partial charge in [0.2, 0.25) is 0 Å². The van der Waals surface area contributed by atoms with E-state index in [0.717, 1.165) is 49.4 Å². The van der Waals surface area contributed by atoms with Gasteiger partial charge in [-0.25, -0.2) is 9.50 Å². The predicted molar refractivity (Wildman–Crippen MR) is 112 cm³/mol. The highest BCUT2D eigenvalue weighted by Crippen LogP contribution is 2.36. The number of piperazine rings is 1. The molecule has 0 atom stereocenters. The van der Waals surface area contributed by atoms with Crippen molar-refractivity contribution in [3.8, 4) is 11.3 Å². The molecule has 6 heteroatoms. The van der Waals surface area contributed by atoms with Crippen LogP contribution in [0.4, 0.5) is 5.69 Å². The third kappa shape index (κ3) is 3.40. The van der Waals surface area contributed by atoms with Crippen molar-refractivity contribution in [2.75, 3.05) is 38.1 Å². The van der Waals surface area contributed by atoms with E-state index in [9.17, 15) is 4.79 Å². The van der Waals surface area contributed by atoms with Gasteiger partial charge in [-0.15, -0.1) is 0 Å². The van der Waals surface area contributed by atoms with Gasteiger partial charge < -0.3 is 9.80 Å². The Kier molecular flexibility index (Phi) is 4.67. The number of aromatic nitrogens is 3. The van der Waals surface area contributed by atoms with Crippen LogP contribution in [0.5, 0.6) is 0 Å². The molecule has 6 nitrogen and oxygen atoms in total. The SMILES string of the molecule is CN1CCN(c2ccc(-c3cnc4ccc(C=O)nn34)cc2C(C)(C)C)CC1. The molecule has 4 rings (SSSR count). The van der Waals surface area contributed by atoms with Crippen LogP contribution in [0.3, 0.4) is 0 Å². The van der Waals surface area contributed by atoms with E-state index in [4.69, 9.17) is 0 Å². The summed E-state index contributed by atoms with van der Waals surface area (Å²) < 4.78 is 1.75. The number of hydrogen-bond donors (Lipinski definition) is 0. The molecule has 0 unspecified atom stereocenters. The van der Waals surface area contributed by atoms with Gasteiger partial charge in [0, 0.05) is 37.4 Å². The van der Waals surface area contributed by atoms with Crippen LogP contribution in [0.2, 0.25) is 0 Å². The highest BCUT2D eigenvalue weighted by Gasteiger charge is 2.24. The summed E-state index contributed by atoms with van der Waals surface area (Å²) in [5, 5.41) is 4.41. The zero-order valence-corrected chi connectivity index (χ0v) is 17.0. The number of anilines is 1. The second-order valence-corrected chi connectivity index (χ2v) is 8.56. The van der Waals surface area contributed by atoms with Crippen LogP contribution in [0.15, 0.2) is 36.5 Å². The Balaban J connectivity index is 1.80. The number of carbonyl (C=O) groups is 1. The molecular formula is C22H27N5O. The van der Waals surface area contributed by atoms with E-state index in [1.165, 1.54) is 11.3 Å². The summed E-state index contributed by atoms with van der Waals surface area (Å²) in [5.41, 5.74) is 5.73. The van der Waals surface area contributed by atoms with E-state index >= 15 is 0 Å². The number of likely N-dealkylation sites (N-methyl/N-ethyl adjacent to an activating group) is 1. The Labute approximate surface area is 165 Å². The molecule has 0 amide bonds. The normalized spacial score (nSPS) is 15.9. The van der Waals surface area contributed by atoms with Crippen LogP contribution in [0.25, 0.3) is 16.9 Å². The summed E-state index contributed by atoms with van der Waals surface area (Å²) in [4.78, 5) is 20.5. The number of imidazole rings is 1. The highest BCUT2D eigenvalue weighted by molar-refractivity contribution is 5.73. The molecule has 3 heterocycles. The maximum atomic E-state index is 11.1. The van der Waals surface area contributed by atoms with Crippen molar-refractivity contribution in [1.29, 1.82) is 0 Å². The van der Waals surface area contributed by atoms with Crippen molar-refractivity contribution in [3.63, 3.8) is 0 Å². The predicted octanol–water partition coefficient (Wildman–Crippen LogP) is 3.26. The summed E-state index contributed by atoms with van der Waals surface area (Å²) in [6, 6.07) is 10.1. The minimum absolute atomic E-state index is 0.0105. The average Bonchev–Trinajstić information content (AvgIpc) is 3.10. The van der Waals surface area contributed by atoms with E-state index in [2.05, 4.69) is 65.9 Å². The van der Waals surface area contributed by atoms with Gasteiger partial charge in [-0.05, 0) is 42.3 Å². The molecule has 0 spiro atoms. The van der Waals surface area contributed by atoms with Gasteiger partial charge in [0.05, 0.1) is 11.9 Å². The Morgan fingerprint density at radius 2 is 1.79 bits per heavy atom. The number of nitrogens with zero attached hydrogens (tertiary/aromatic N) is 5. The van der Waals surface area contributed by atoms with Gasteiger partial charge in [0.1, 0.15) is 5.69 Å². The molecule has 146 valence electrons. The molecule has 0 bridgehead atoms. The monoisotopic (exact) mass is 377 g/mol. The third-order valence-electron chi connectivity index (χ3n) is 5.45. The highest BCUT2D eigenvalue weighted by atomic mass is 16.1. The van der Waals surface area contributed by atoms with Gasteiger partial charge >= 0.3 is 0 Å². The Hall–Kier alpha value is -2.73. The van der Waals surface area contributed by atoms with Crippen molar-refractivity contribution in [2.45, 2.75) is 26.2 Å². The van der Waals surface area contributed by atoms with Gasteiger partial charge in [0.25, 0.3) is 0 Å². The van der Waals surface area contributed by atoms with Crippen LogP contribution in [0, 0.1) is 0 Å². The van der Waals surface area contributed by atoms with Crippen LogP contribution >= 0.6 is 0 Å². The summed E-state index contributed by atoms with van der Waals surface area (Å²) in [6.07, 6.45) is 2.59. The van der Waals surface area contributed by atoms with Crippen LogP contribution in [-0.4, -0.2) is 59.0 Å². The topological polar surface area (TPSA) is 53.7 Å². The quantitative estimate of drug-likeness (QED) is 0.656. The smallest absolute Gasteiger partial charge is 0.170 e. The molecule has 2 aromatic heterocycles. The Morgan fingerprint density at radius 1 is 1.04 bits per heavy atom. The number of fused-ring (bicyclic) bond motifs is 1. The fourth-order valence-electron chi connectivity index (χ4n) is 3.77. The molecular weight excluding hydrogens is 350 g/mol. The summed E-state index contributed by atoms with van der Waals surface area (Å²) in [6.45, 7) is 11.0. The first-order chi connectivity index (χ1) is 13.4. The Morgan fingerprint density at radius 3 is 2.46 bits per heavy atom. The Bertz CT molecular complexity index is 1010. The molecule has 0 radical (unpaired) electrons. The van der Waals surface area contributed by atoms with Crippen molar-refractivity contribution in [3.05, 3.63) is 47.8 Å². The van der Waals surface area contributed by atoms with Crippen LogP contribution < -0.4 is 4.90 Å². The number of benzene rings is 1. The van der Waals surface area contributed by atoms with Gasteiger partial charge in [0.15, 0.2) is 11.9 Å². The van der Waals surface area contributed by atoms with Crippen LogP contribution in [-0.2, 0) is 5.41 Å². The van der Waals surface area contributed by atoms with E-state index in [1.54, 1.807) is 10.6 Å². The minimum Gasteiger partial charge on any atom is -0.369 e. The number of hydrogen-bond acceptors (Lipinski definition) is 5. The first kappa shape index (κ1) is 18.6. The number of aldehydes is 1. The van der Waals surface area contributed by atoms with Gasteiger partial charge in [-0.3, -0.25) is 4.79 Å². The molecule has 3 aromatic rings. The minimum atomic E-state index is 0.0105. The largest absolute Gasteiger partial charge is 0.369 e. The zero-order valence-electron chi connectivity index (χ0n) is 17.0. The third-order valence-corrected chi connectivity index (χ3v) is 5.45. The molecule has 0 aliphatic carbocycles. The first-order valence-electron chi connectivity index (χ1n) is 9.75. The van der Waals surface area contributed by atoms with Gasteiger partial charge in [-0.1, -0.05) is 26.8 Å². The lowest BCUT2D eigenvalue weighted by molar-refractivity contribution is 0.111. The summed E-state index contributed by atoms with van der Waals surface area (Å²) in [7, 11) is 2.18. The van der Waals surface area contributed by atoms with Gasteiger partial charge in [-0.2, -0.15) is 5.10 Å². The number of rotatable bonds is 3. The molecule has 28 heavy (non-hydrogen) atoms. The second kappa shape index (κ2) is 7.02. The molecule has 0 saturated carbocycles. The van der Waals surface area contributed by atoms with Crippen molar-refractivity contribution in [2.24, 2.45) is 0 Å². The molecule has 0 N–H and O–H groups in total. The molecule has 1 fully saturated rings. The van der Waals surface area contributed by atoms with Crippen molar-refractivity contribution in [1.82, 2.24) is 19.5 Å². The van der Waals surface area contributed by atoms with Crippen molar-refractivity contribution >= 4 is 17.6 Å². The molecule has 1 aromatic carbocycles. The van der Waals surface area contributed by atoms with Crippen LogP contribution in [0.1, 0.15) is 36.8 Å². The van der Waals surface area contributed by atoms with E-state index in [1.807, 2.05) is 12.3 Å². The lowest BCUT2D eigenvalue weighted by Gasteiger charge is -2.37. The maximum absolute atomic E-state index is 11.1. The standard InChI is InChI=1S/C22H27N5O/c1-22(2,3)18-13-16(5-7-19(18)26-11-9-25(4)10-12-26)20-14-23-21-8-6-17(15-28)24-27(20)21/h5-8,13-15H,9-12H2,1-4H3. The first-order valence-corrected chi connectivity index (χ1v) is 9.75. The summed E-state index contributed by atoms with van der Waals surface area (Å²) >= 11 is 0. The lowest BCUT2D eigenvalue weighted by atomic mass is 9.84. The summed E-state index contributed by atoms with van der Waals surface area (Å²) in [5.74, 6) is 0. The second-order valence-electron chi connectivity index (χ2n) is 8.56. The fraction of sp³-hybridized carbons (Fsp3) is 0.409. The zero-order chi connectivity index (χ0) is 19.9. The maximum Gasteiger partial charge on any atom is 0.170 e. The lowest BCUT2D eigenvalue weighted by Crippen LogP contribution is -2.45. The van der Waals surface area contributed by atoms with E-state index < -0.39 is 0 Å². The molecule has 1 aliphatic heterocycles. The molecule has 1 aliphatic rings. The van der Waals surface area contributed by atoms with E-state index in [-0.39, 0.29) is 5.41 Å². The van der Waals surface area contributed by atoms with E-state index in [0.29, 0.717) is 5.69 Å². The fourth-order valence-corrected chi connectivity index (χ4v) is 3.77. The molecule has 1 saturated heterocycles. The number of carbonyl (C=O) groups excluding carboxylic acids is 1.